The summed E-state index contributed by atoms with van der Waals surface area (Å²) < 4.78 is 5.26. The molecular formula is C38H45N7O10. The zero-order chi connectivity index (χ0) is 40.2. The highest BCUT2D eigenvalue weighted by molar-refractivity contribution is 6.38. The van der Waals surface area contributed by atoms with Crippen LogP contribution < -0.4 is 32.7 Å². The maximum atomic E-state index is 13.7. The van der Waals surface area contributed by atoms with E-state index in [0.717, 1.165) is 0 Å². The van der Waals surface area contributed by atoms with E-state index in [2.05, 4.69) is 26.3 Å². The van der Waals surface area contributed by atoms with Crippen LogP contribution in [0, 0.1) is 0 Å². The molecule has 10 N–H and O–H groups in total. The molecule has 0 saturated heterocycles. The second-order valence-electron chi connectivity index (χ2n) is 12.4. The number of carbonyl (C=O) groups excluding carboxylic acids is 5. The van der Waals surface area contributed by atoms with Gasteiger partial charge < -0.3 is 47.7 Å². The summed E-state index contributed by atoms with van der Waals surface area (Å²) in [6.45, 7) is -0.0939. The zero-order valence-electron chi connectivity index (χ0n) is 29.9. The number of amides is 4. The first kappa shape index (κ1) is 42.6. The Morgan fingerprint density at radius 1 is 0.618 bits per heavy atom. The predicted molar refractivity (Wildman–Crippen MR) is 199 cm³/mol. The second-order valence-corrected chi connectivity index (χ2v) is 12.4. The van der Waals surface area contributed by atoms with Crippen LogP contribution in [0.5, 0.6) is 0 Å². The topological polar surface area (TPSA) is 282 Å². The third-order valence-electron chi connectivity index (χ3n) is 8.07. The summed E-state index contributed by atoms with van der Waals surface area (Å²) in [4.78, 5) is 94.3. The van der Waals surface area contributed by atoms with E-state index in [1.54, 1.807) is 91.0 Å². The average molecular weight is 760 g/mol. The van der Waals surface area contributed by atoms with Crippen LogP contribution >= 0.6 is 0 Å². The fourth-order valence-corrected chi connectivity index (χ4v) is 5.26. The van der Waals surface area contributed by atoms with Gasteiger partial charge in [0.2, 0.25) is 17.6 Å². The van der Waals surface area contributed by atoms with Gasteiger partial charge in [-0.25, -0.2) is 9.59 Å². The maximum Gasteiger partial charge on any atom is 0.408 e. The molecule has 0 radical (unpaired) electrons. The molecule has 4 unspecified atom stereocenters. The van der Waals surface area contributed by atoms with E-state index >= 15 is 0 Å². The van der Waals surface area contributed by atoms with Gasteiger partial charge in [-0.3, -0.25) is 29.0 Å². The number of nitrogens with zero attached hydrogens (tertiary/aromatic N) is 1. The fraction of sp³-hybridized carbons (Fsp3) is 0.316. The van der Waals surface area contributed by atoms with E-state index in [0.29, 0.717) is 16.7 Å². The maximum absolute atomic E-state index is 13.7. The summed E-state index contributed by atoms with van der Waals surface area (Å²) in [5.41, 5.74) is 12.7. The molecule has 0 heterocycles. The Labute approximate surface area is 316 Å². The van der Waals surface area contributed by atoms with E-state index in [-0.39, 0.29) is 44.8 Å². The number of ether oxygens (including phenoxy) is 1. The lowest BCUT2D eigenvalue weighted by Gasteiger charge is -2.25. The highest BCUT2D eigenvalue weighted by Gasteiger charge is 2.33. The Balaban J connectivity index is 1.81. The standard InChI is InChI=1S/C38H45N7O10/c39-37(40)41-20-10-17-27(33(49)42-28(18-19-31(46)47)34(50)44-30(36(52)53)22-25-13-6-2-7-14-25)43-35(51)32(48)29(21-24-11-4-1-5-12-24)45-38(54)55-23-26-15-8-3-9-16-26/h1-9,11-16,27-30H,10,17-23H2,(H,42,49)(H,43,51)(H,44,50)(H,45,54)(H,46,47)(H,52,53)(H4,39,40,41). The van der Waals surface area contributed by atoms with Crippen molar-refractivity contribution in [3.05, 3.63) is 108 Å². The number of carbonyl (C=O) groups is 7. The van der Waals surface area contributed by atoms with E-state index in [1.165, 1.54) is 0 Å². The number of nitrogens with one attached hydrogen (secondary N) is 4. The van der Waals surface area contributed by atoms with Gasteiger partial charge >= 0.3 is 18.0 Å². The Morgan fingerprint density at radius 3 is 1.62 bits per heavy atom. The van der Waals surface area contributed by atoms with Crippen molar-refractivity contribution in [3.8, 4) is 0 Å². The minimum atomic E-state index is -1.55. The van der Waals surface area contributed by atoms with Gasteiger partial charge in [-0.15, -0.1) is 0 Å². The number of alkyl carbamates (subject to hydrolysis) is 1. The Kier molecular flexibility index (Phi) is 17.3. The normalized spacial score (nSPS) is 12.7. The summed E-state index contributed by atoms with van der Waals surface area (Å²) in [7, 11) is 0. The average Bonchev–Trinajstić information content (AvgIpc) is 3.16. The number of benzene rings is 3. The number of aliphatic carboxylic acids is 2. The molecule has 3 aromatic carbocycles. The molecule has 0 aliphatic carbocycles. The minimum Gasteiger partial charge on any atom is -0.481 e. The molecule has 0 aliphatic heterocycles. The summed E-state index contributed by atoms with van der Waals surface area (Å²) in [6, 6.07) is 19.8. The Hall–Kier alpha value is -6.78. The summed E-state index contributed by atoms with van der Waals surface area (Å²) in [6.07, 6.45) is -2.26. The molecule has 4 amide bonds. The number of carboxylic acids is 2. The third-order valence-corrected chi connectivity index (χ3v) is 8.07. The van der Waals surface area contributed by atoms with Crippen molar-refractivity contribution in [2.24, 2.45) is 16.5 Å². The molecule has 3 aromatic rings. The van der Waals surface area contributed by atoms with Crippen LogP contribution in [-0.4, -0.2) is 88.4 Å². The van der Waals surface area contributed by atoms with Crippen molar-refractivity contribution in [2.75, 3.05) is 6.54 Å². The summed E-state index contributed by atoms with van der Waals surface area (Å²) >= 11 is 0. The van der Waals surface area contributed by atoms with Crippen LogP contribution in [0.1, 0.15) is 42.4 Å². The Bertz CT molecular complexity index is 1790. The van der Waals surface area contributed by atoms with Crippen LogP contribution in [-0.2, 0) is 53.0 Å². The number of rotatable bonds is 22. The number of carboxylic acid groups (broad SMARTS) is 2. The molecule has 292 valence electrons. The molecule has 0 aliphatic rings. The largest absolute Gasteiger partial charge is 0.481 e. The van der Waals surface area contributed by atoms with E-state index in [4.69, 9.17) is 16.2 Å². The molecule has 0 bridgehead atoms. The van der Waals surface area contributed by atoms with Gasteiger partial charge in [0.1, 0.15) is 30.8 Å². The van der Waals surface area contributed by atoms with Gasteiger partial charge in [0.25, 0.3) is 5.91 Å². The van der Waals surface area contributed by atoms with Gasteiger partial charge in [-0.2, -0.15) is 0 Å². The van der Waals surface area contributed by atoms with Crippen LogP contribution in [0.4, 0.5) is 4.79 Å². The van der Waals surface area contributed by atoms with E-state index in [1.807, 2.05) is 0 Å². The first-order valence-electron chi connectivity index (χ1n) is 17.3. The van der Waals surface area contributed by atoms with Crippen molar-refractivity contribution in [3.63, 3.8) is 0 Å². The molecule has 3 rings (SSSR count). The second kappa shape index (κ2) is 22.3. The van der Waals surface area contributed by atoms with Crippen molar-refractivity contribution in [1.29, 1.82) is 0 Å². The van der Waals surface area contributed by atoms with Gasteiger partial charge in [0, 0.05) is 25.8 Å². The van der Waals surface area contributed by atoms with Crippen LogP contribution in [0.2, 0.25) is 0 Å². The lowest BCUT2D eigenvalue weighted by atomic mass is 10.0. The number of hydrogen-bond acceptors (Lipinski definition) is 9. The smallest absolute Gasteiger partial charge is 0.408 e. The molecule has 55 heavy (non-hydrogen) atoms. The number of guanidine groups is 1. The monoisotopic (exact) mass is 759 g/mol. The number of aliphatic imine (C=N–C) groups is 1. The number of nitrogens with two attached hydrogens (primary N) is 2. The lowest BCUT2D eigenvalue weighted by Crippen LogP contribution is -2.57. The molecule has 4 atom stereocenters. The number of Topliss-reactive ketones (excluding diaryl/α,β-unsaturated/α-hetero) is 1. The molecule has 0 spiro atoms. The molecule has 17 nitrogen and oxygen atoms in total. The van der Waals surface area contributed by atoms with Crippen molar-refractivity contribution in [1.82, 2.24) is 21.3 Å². The van der Waals surface area contributed by atoms with Crippen LogP contribution in [0.15, 0.2) is 96.0 Å². The van der Waals surface area contributed by atoms with Crippen molar-refractivity contribution >= 4 is 47.5 Å². The summed E-state index contributed by atoms with van der Waals surface area (Å²) in [5.74, 6) is -7.24. The summed E-state index contributed by atoms with van der Waals surface area (Å²) in [5, 5.41) is 28.7. The molecular weight excluding hydrogens is 714 g/mol. The highest BCUT2D eigenvalue weighted by Crippen LogP contribution is 2.10. The van der Waals surface area contributed by atoms with E-state index < -0.39 is 78.5 Å². The van der Waals surface area contributed by atoms with Crippen LogP contribution in [0.25, 0.3) is 0 Å². The minimum absolute atomic E-state index is 0.0179. The van der Waals surface area contributed by atoms with Crippen molar-refractivity contribution < 1.29 is 48.5 Å². The predicted octanol–water partition coefficient (Wildman–Crippen LogP) is 0.793. The number of hydrogen-bond donors (Lipinski definition) is 8. The van der Waals surface area contributed by atoms with Gasteiger partial charge in [-0.05, 0) is 36.0 Å². The first-order valence-corrected chi connectivity index (χ1v) is 17.3. The molecule has 0 fully saturated rings. The van der Waals surface area contributed by atoms with Gasteiger partial charge in [0.15, 0.2) is 5.96 Å². The number of ketones is 1. The lowest BCUT2D eigenvalue weighted by molar-refractivity contribution is -0.143. The molecule has 0 aromatic heterocycles. The SMILES string of the molecule is NC(N)=NCCCC(NC(=O)C(=O)C(Cc1ccccc1)NC(=O)OCc1ccccc1)C(=O)NC(CCC(=O)O)C(=O)NC(Cc1ccccc1)C(=O)O. The highest BCUT2D eigenvalue weighted by atomic mass is 16.5. The Morgan fingerprint density at radius 2 is 1.11 bits per heavy atom. The van der Waals surface area contributed by atoms with Gasteiger partial charge in [-0.1, -0.05) is 91.0 Å². The first-order chi connectivity index (χ1) is 26.3. The fourth-order valence-electron chi connectivity index (χ4n) is 5.26. The molecule has 0 saturated carbocycles. The third kappa shape index (κ3) is 15.8. The van der Waals surface area contributed by atoms with Gasteiger partial charge in [0.05, 0.1) is 0 Å². The quantitative estimate of drug-likeness (QED) is 0.0306. The zero-order valence-corrected chi connectivity index (χ0v) is 29.9. The van der Waals surface area contributed by atoms with E-state index in [9.17, 15) is 43.8 Å². The van der Waals surface area contributed by atoms with Crippen LogP contribution in [0.3, 0.4) is 0 Å². The molecule has 17 heteroatoms. The van der Waals surface area contributed by atoms with Crippen molar-refractivity contribution in [2.45, 2.75) is 69.3 Å².